The highest BCUT2D eigenvalue weighted by Crippen LogP contribution is 2.13. The number of nitrogens with zero attached hydrogens (tertiary/aromatic N) is 1. The van der Waals surface area contributed by atoms with Crippen LogP contribution in [0.2, 0.25) is 0 Å². The normalized spacial score (nSPS) is 11.0. The number of hydrogen-bond acceptors (Lipinski definition) is 2. The third-order valence-corrected chi connectivity index (χ3v) is 2.19. The highest BCUT2D eigenvalue weighted by atomic mass is 16.1. The second-order valence-electron chi connectivity index (χ2n) is 3.28. The van der Waals surface area contributed by atoms with Crippen LogP contribution in [0.25, 0.3) is 10.9 Å². The van der Waals surface area contributed by atoms with Gasteiger partial charge in [0.1, 0.15) is 0 Å². The fourth-order valence-electron chi connectivity index (χ4n) is 1.45. The molecule has 0 amide bonds. The Hall–Kier alpha value is -1.96. The van der Waals surface area contributed by atoms with Crippen molar-refractivity contribution in [3.63, 3.8) is 0 Å². The SMILES string of the molecule is CC=CC(=O)c1cnc2ccccc2c1. The number of benzene rings is 1. The third kappa shape index (κ3) is 1.94. The lowest BCUT2D eigenvalue weighted by Crippen LogP contribution is -1.95. The maximum atomic E-state index is 11.6. The van der Waals surface area contributed by atoms with Crippen LogP contribution in [0.4, 0.5) is 0 Å². The Kier molecular flexibility index (Phi) is 2.59. The summed E-state index contributed by atoms with van der Waals surface area (Å²) in [7, 11) is 0. The lowest BCUT2D eigenvalue weighted by Gasteiger charge is -1.98. The third-order valence-electron chi connectivity index (χ3n) is 2.19. The average molecular weight is 197 g/mol. The molecule has 0 saturated carbocycles. The first-order valence-electron chi connectivity index (χ1n) is 4.83. The number of ketones is 1. The Morgan fingerprint density at radius 3 is 2.93 bits per heavy atom. The number of rotatable bonds is 2. The summed E-state index contributed by atoms with van der Waals surface area (Å²) >= 11 is 0. The Morgan fingerprint density at radius 2 is 2.13 bits per heavy atom. The van der Waals surface area contributed by atoms with Crippen LogP contribution in [-0.4, -0.2) is 10.8 Å². The lowest BCUT2D eigenvalue weighted by atomic mass is 10.1. The summed E-state index contributed by atoms with van der Waals surface area (Å²) in [5.41, 5.74) is 1.54. The Bertz CT molecular complexity index is 529. The Morgan fingerprint density at radius 1 is 1.33 bits per heavy atom. The number of pyridine rings is 1. The van der Waals surface area contributed by atoms with Gasteiger partial charge < -0.3 is 0 Å². The number of carbonyl (C=O) groups is 1. The molecule has 15 heavy (non-hydrogen) atoms. The smallest absolute Gasteiger partial charge is 0.187 e. The van der Waals surface area contributed by atoms with Crippen molar-refractivity contribution in [2.45, 2.75) is 6.92 Å². The van der Waals surface area contributed by atoms with E-state index < -0.39 is 0 Å². The number of para-hydroxylation sites is 1. The van der Waals surface area contributed by atoms with Gasteiger partial charge in [0, 0.05) is 17.1 Å². The predicted octanol–water partition coefficient (Wildman–Crippen LogP) is 2.99. The molecule has 2 nitrogen and oxygen atoms in total. The zero-order valence-electron chi connectivity index (χ0n) is 8.47. The standard InChI is InChI=1S/C13H11NO/c1-2-5-13(15)11-8-10-6-3-4-7-12(10)14-9-11/h2-9H,1H3. The summed E-state index contributed by atoms with van der Waals surface area (Å²) in [6, 6.07) is 9.62. The van der Waals surface area contributed by atoms with Gasteiger partial charge in [0.2, 0.25) is 0 Å². The van der Waals surface area contributed by atoms with E-state index in [0.717, 1.165) is 10.9 Å². The molecule has 0 aliphatic heterocycles. The highest BCUT2D eigenvalue weighted by molar-refractivity contribution is 6.05. The van der Waals surface area contributed by atoms with Crippen LogP contribution in [0.3, 0.4) is 0 Å². The van der Waals surface area contributed by atoms with E-state index in [1.165, 1.54) is 0 Å². The molecule has 1 aromatic heterocycles. The van der Waals surface area contributed by atoms with E-state index in [4.69, 9.17) is 0 Å². The molecule has 0 aliphatic carbocycles. The summed E-state index contributed by atoms with van der Waals surface area (Å²) in [5, 5.41) is 0.993. The lowest BCUT2D eigenvalue weighted by molar-refractivity contribution is 0.104. The van der Waals surface area contributed by atoms with Gasteiger partial charge in [-0.15, -0.1) is 0 Å². The highest BCUT2D eigenvalue weighted by Gasteiger charge is 2.02. The fraction of sp³-hybridized carbons (Fsp3) is 0.0769. The molecule has 0 spiro atoms. The van der Waals surface area contributed by atoms with Crippen molar-refractivity contribution in [2.24, 2.45) is 0 Å². The Balaban J connectivity index is 2.51. The van der Waals surface area contributed by atoms with Gasteiger partial charge in [-0.2, -0.15) is 0 Å². The maximum absolute atomic E-state index is 11.6. The number of hydrogen-bond donors (Lipinski definition) is 0. The largest absolute Gasteiger partial charge is 0.289 e. The summed E-state index contributed by atoms with van der Waals surface area (Å²) < 4.78 is 0. The first-order chi connectivity index (χ1) is 7.31. The van der Waals surface area contributed by atoms with Gasteiger partial charge in [-0.1, -0.05) is 24.3 Å². The van der Waals surface area contributed by atoms with Gasteiger partial charge in [-0.05, 0) is 25.1 Å². The van der Waals surface area contributed by atoms with E-state index in [1.807, 2.05) is 37.3 Å². The first-order valence-corrected chi connectivity index (χ1v) is 4.83. The number of carbonyl (C=O) groups excluding carboxylic acids is 1. The minimum atomic E-state index is -0.00393. The van der Waals surface area contributed by atoms with Crippen molar-refractivity contribution < 1.29 is 4.79 Å². The van der Waals surface area contributed by atoms with E-state index in [2.05, 4.69) is 4.98 Å². The van der Waals surface area contributed by atoms with Crippen LogP contribution in [0.1, 0.15) is 17.3 Å². The fourth-order valence-corrected chi connectivity index (χ4v) is 1.45. The number of aromatic nitrogens is 1. The molecular weight excluding hydrogens is 186 g/mol. The molecule has 2 heteroatoms. The van der Waals surface area contributed by atoms with Gasteiger partial charge >= 0.3 is 0 Å². The van der Waals surface area contributed by atoms with Crippen molar-refractivity contribution >= 4 is 16.7 Å². The zero-order valence-corrected chi connectivity index (χ0v) is 8.47. The van der Waals surface area contributed by atoms with Crippen molar-refractivity contribution in [1.29, 1.82) is 0 Å². The second kappa shape index (κ2) is 4.05. The minimum Gasteiger partial charge on any atom is -0.289 e. The number of allylic oxidation sites excluding steroid dienone is 2. The molecule has 74 valence electrons. The van der Waals surface area contributed by atoms with Crippen LogP contribution in [0, 0.1) is 0 Å². The summed E-state index contributed by atoms with van der Waals surface area (Å²) in [4.78, 5) is 15.8. The van der Waals surface area contributed by atoms with Crippen molar-refractivity contribution in [3.05, 3.63) is 54.2 Å². The van der Waals surface area contributed by atoms with E-state index in [1.54, 1.807) is 18.3 Å². The predicted molar refractivity (Wildman–Crippen MR) is 60.9 cm³/mol. The van der Waals surface area contributed by atoms with E-state index in [9.17, 15) is 4.79 Å². The molecule has 0 fully saturated rings. The van der Waals surface area contributed by atoms with Crippen LogP contribution in [-0.2, 0) is 0 Å². The molecule has 1 aromatic carbocycles. The van der Waals surface area contributed by atoms with E-state index in [0.29, 0.717) is 5.56 Å². The average Bonchev–Trinajstić information content (AvgIpc) is 2.29. The molecule has 1 heterocycles. The van der Waals surface area contributed by atoms with Crippen molar-refractivity contribution in [1.82, 2.24) is 4.98 Å². The topological polar surface area (TPSA) is 30.0 Å². The quantitative estimate of drug-likeness (QED) is 0.547. The molecule has 2 aromatic rings. The first kappa shape index (κ1) is 9.59. The molecule has 0 N–H and O–H groups in total. The van der Waals surface area contributed by atoms with Crippen LogP contribution in [0.5, 0.6) is 0 Å². The number of fused-ring (bicyclic) bond motifs is 1. The molecule has 0 radical (unpaired) electrons. The van der Waals surface area contributed by atoms with Crippen molar-refractivity contribution in [3.8, 4) is 0 Å². The summed E-state index contributed by atoms with van der Waals surface area (Å²) in [5.74, 6) is -0.00393. The monoisotopic (exact) mass is 197 g/mol. The molecule has 0 atom stereocenters. The summed E-state index contributed by atoms with van der Waals surface area (Å²) in [6.07, 6.45) is 4.90. The van der Waals surface area contributed by atoms with Gasteiger partial charge in [-0.25, -0.2) is 0 Å². The minimum absolute atomic E-state index is 0.00393. The van der Waals surface area contributed by atoms with Gasteiger partial charge in [0.15, 0.2) is 5.78 Å². The molecule has 0 unspecified atom stereocenters. The molecule has 0 aliphatic rings. The molecule has 0 saturated heterocycles. The molecule has 0 bridgehead atoms. The maximum Gasteiger partial charge on any atom is 0.187 e. The van der Waals surface area contributed by atoms with Gasteiger partial charge in [0.25, 0.3) is 0 Å². The van der Waals surface area contributed by atoms with E-state index >= 15 is 0 Å². The van der Waals surface area contributed by atoms with Crippen molar-refractivity contribution in [2.75, 3.05) is 0 Å². The Labute approximate surface area is 88.3 Å². The van der Waals surface area contributed by atoms with E-state index in [-0.39, 0.29) is 5.78 Å². The van der Waals surface area contributed by atoms with Crippen LogP contribution in [0.15, 0.2) is 48.7 Å². The zero-order chi connectivity index (χ0) is 10.7. The summed E-state index contributed by atoms with van der Waals surface area (Å²) in [6.45, 7) is 1.83. The van der Waals surface area contributed by atoms with Gasteiger partial charge in [-0.3, -0.25) is 9.78 Å². The van der Waals surface area contributed by atoms with Crippen LogP contribution < -0.4 is 0 Å². The second-order valence-corrected chi connectivity index (χ2v) is 3.28. The molecular formula is C13H11NO. The van der Waals surface area contributed by atoms with Gasteiger partial charge in [0.05, 0.1) is 5.52 Å². The van der Waals surface area contributed by atoms with Crippen LogP contribution >= 0.6 is 0 Å². The molecule has 2 rings (SSSR count).